The number of aryl methyl sites for hydroxylation is 2. The standard InChI is InChI=1S/C15H17N5O3S/c21-15-6-3-10-8-11(4-5-12(10)17-15)24(22,23)16-9-14-19-18-13-2-1-7-20(13)14/h4-5,8,16H,1-3,6-7,9H2,(H,17,21). The van der Waals surface area contributed by atoms with Gasteiger partial charge in [0.15, 0.2) is 0 Å². The number of hydrogen-bond donors (Lipinski definition) is 2. The van der Waals surface area contributed by atoms with Crippen molar-refractivity contribution in [3.05, 3.63) is 35.4 Å². The Labute approximate surface area is 139 Å². The molecule has 1 aromatic carbocycles. The molecule has 2 aliphatic rings. The van der Waals surface area contributed by atoms with E-state index in [0.717, 1.165) is 30.8 Å². The predicted octanol–water partition coefficient (Wildman–Crippen LogP) is 0.587. The third-order valence-electron chi connectivity index (χ3n) is 4.39. The number of amides is 1. The van der Waals surface area contributed by atoms with E-state index in [9.17, 15) is 13.2 Å². The van der Waals surface area contributed by atoms with Crippen LogP contribution in [0.15, 0.2) is 23.1 Å². The van der Waals surface area contributed by atoms with E-state index in [1.165, 1.54) is 6.07 Å². The molecule has 0 fully saturated rings. The van der Waals surface area contributed by atoms with Crippen molar-refractivity contribution in [2.24, 2.45) is 0 Å². The lowest BCUT2D eigenvalue weighted by Gasteiger charge is -2.17. The number of sulfonamides is 1. The van der Waals surface area contributed by atoms with Crippen LogP contribution in [-0.2, 0) is 40.7 Å². The second-order valence-electron chi connectivity index (χ2n) is 5.98. The molecule has 126 valence electrons. The topological polar surface area (TPSA) is 106 Å². The van der Waals surface area contributed by atoms with Gasteiger partial charge in [0.1, 0.15) is 11.6 Å². The van der Waals surface area contributed by atoms with Gasteiger partial charge in [0.2, 0.25) is 15.9 Å². The number of anilines is 1. The van der Waals surface area contributed by atoms with E-state index < -0.39 is 10.0 Å². The van der Waals surface area contributed by atoms with Crippen molar-refractivity contribution < 1.29 is 13.2 Å². The van der Waals surface area contributed by atoms with Crippen molar-refractivity contribution >= 4 is 21.6 Å². The highest BCUT2D eigenvalue weighted by Gasteiger charge is 2.22. The van der Waals surface area contributed by atoms with Crippen LogP contribution in [0.4, 0.5) is 5.69 Å². The number of nitrogens with one attached hydrogen (secondary N) is 2. The highest BCUT2D eigenvalue weighted by Crippen LogP contribution is 2.25. The molecule has 0 aliphatic carbocycles. The summed E-state index contributed by atoms with van der Waals surface area (Å²) >= 11 is 0. The molecule has 4 rings (SSSR count). The molecule has 1 amide bonds. The normalized spacial score (nSPS) is 16.6. The van der Waals surface area contributed by atoms with Gasteiger partial charge in [-0.2, -0.15) is 0 Å². The van der Waals surface area contributed by atoms with Crippen molar-refractivity contribution in [2.75, 3.05) is 5.32 Å². The molecular weight excluding hydrogens is 330 g/mol. The average Bonchev–Trinajstić information content (AvgIpc) is 3.16. The molecule has 8 nitrogen and oxygen atoms in total. The molecule has 3 heterocycles. The van der Waals surface area contributed by atoms with Gasteiger partial charge in [0, 0.05) is 25.1 Å². The second kappa shape index (κ2) is 5.67. The molecule has 0 atom stereocenters. The lowest BCUT2D eigenvalue weighted by atomic mass is 10.0. The van der Waals surface area contributed by atoms with Crippen molar-refractivity contribution in [1.82, 2.24) is 19.5 Å². The van der Waals surface area contributed by atoms with Crippen molar-refractivity contribution in [1.29, 1.82) is 0 Å². The maximum atomic E-state index is 12.5. The molecule has 0 unspecified atom stereocenters. The third kappa shape index (κ3) is 2.69. The van der Waals surface area contributed by atoms with Crippen molar-refractivity contribution in [2.45, 2.75) is 43.7 Å². The molecule has 9 heteroatoms. The first-order valence-electron chi connectivity index (χ1n) is 7.86. The molecule has 2 aliphatic heterocycles. The molecule has 1 aromatic heterocycles. The minimum atomic E-state index is -3.64. The first-order chi connectivity index (χ1) is 11.5. The third-order valence-corrected chi connectivity index (χ3v) is 5.79. The first-order valence-corrected chi connectivity index (χ1v) is 9.35. The first kappa shape index (κ1) is 15.3. The van der Waals surface area contributed by atoms with Gasteiger partial charge in [-0.25, -0.2) is 13.1 Å². The van der Waals surface area contributed by atoms with Gasteiger partial charge in [0.05, 0.1) is 11.4 Å². The Morgan fingerprint density at radius 3 is 2.96 bits per heavy atom. The highest BCUT2D eigenvalue weighted by molar-refractivity contribution is 7.89. The predicted molar refractivity (Wildman–Crippen MR) is 85.8 cm³/mol. The molecular formula is C15H17N5O3S. The molecule has 2 N–H and O–H groups in total. The summed E-state index contributed by atoms with van der Waals surface area (Å²) in [5, 5.41) is 10.9. The monoisotopic (exact) mass is 347 g/mol. The number of carbonyl (C=O) groups is 1. The van der Waals surface area contributed by atoms with E-state index in [0.29, 0.717) is 24.4 Å². The highest BCUT2D eigenvalue weighted by atomic mass is 32.2. The molecule has 0 saturated heterocycles. The molecule has 2 aromatic rings. The Kier molecular flexibility index (Phi) is 3.61. The van der Waals surface area contributed by atoms with Crippen LogP contribution in [-0.4, -0.2) is 29.1 Å². The van der Waals surface area contributed by atoms with E-state index >= 15 is 0 Å². The van der Waals surface area contributed by atoms with Crippen LogP contribution >= 0.6 is 0 Å². The van der Waals surface area contributed by atoms with Crippen LogP contribution in [0, 0.1) is 0 Å². The van der Waals surface area contributed by atoms with Crippen LogP contribution in [0.25, 0.3) is 0 Å². The van der Waals surface area contributed by atoms with Crippen LogP contribution in [0.2, 0.25) is 0 Å². The fourth-order valence-corrected chi connectivity index (χ4v) is 4.14. The zero-order chi connectivity index (χ0) is 16.7. The Balaban J connectivity index is 1.53. The SMILES string of the molecule is O=C1CCc2cc(S(=O)(=O)NCc3nnc4n3CCC4)ccc2N1. The number of aromatic nitrogens is 3. The number of benzene rings is 1. The Morgan fingerprint density at radius 2 is 2.08 bits per heavy atom. The molecule has 0 saturated carbocycles. The van der Waals surface area contributed by atoms with Gasteiger partial charge in [-0.05, 0) is 36.6 Å². The van der Waals surface area contributed by atoms with E-state index in [-0.39, 0.29) is 17.3 Å². The van der Waals surface area contributed by atoms with E-state index in [1.54, 1.807) is 12.1 Å². The Morgan fingerprint density at radius 1 is 1.21 bits per heavy atom. The van der Waals surface area contributed by atoms with E-state index in [2.05, 4.69) is 20.2 Å². The quantitative estimate of drug-likeness (QED) is 0.842. The molecule has 0 spiro atoms. The smallest absolute Gasteiger partial charge is 0.240 e. The number of fused-ring (bicyclic) bond motifs is 2. The van der Waals surface area contributed by atoms with Gasteiger partial charge >= 0.3 is 0 Å². The average molecular weight is 347 g/mol. The minimum absolute atomic E-state index is 0.0445. The number of hydrogen-bond acceptors (Lipinski definition) is 5. The number of nitrogens with zero attached hydrogens (tertiary/aromatic N) is 3. The fourth-order valence-electron chi connectivity index (χ4n) is 3.11. The maximum absolute atomic E-state index is 12.5. The zero-order valence-corrected chi connectivity index (χ0v) is 13.8. The fraction of sp³-hybridized carbons (Fsp3) is 0.400. The molecule has 0 radical (unpaired) electrons. The summed E-state index contributed by atoms with van der Waals surface area (Å²) in [6.07, 6.45) is 2.81. The Hall–Kier alpha value is -2.26. The van der Waals surface area contributed by atoms with Crippen LogP contribution < -0.4 is 10.0 Å². The van der Waals surface area contributed by atoms with Gasteiger partial charge in [-0.15, -0.1) is 10.2 Å². The van der Waals surface area contributed by atoms with E-state index in [4.69, 9.17) is 0 Å². The maximum Gasteiger partial charge on any atom is 0.240 e. The summed E-state index contributed by atoms with van der Waals surface area (Å²) in [6.45, 7) is 0.946. The number of rotatable bonds is 4. The summed E-state index contributed by atoms with van der Waals surface area (Å²) in [5.74, 6) is 1.50. The lowest BCUT2D eigenvalue weighted by molar-refractivity contribution is -0.116. The summed E-state index contributed by atoms with van der Waals surface area (Å²) in [6, 6.07) is 4.75. The molecule has 0 bridgehead atoms. The van der Waals surface area contributed by atoms with Crippen LogP contribution in [0.1, 0.15) is 30.1 Å². The minimum Gasteiger partial charge on any atom is -0.326 e. The van der Waals surface area contributed by atoms with Crippen molar-refractivity contribution in [3.8, 4) is 0 Å². The summed E-state index contributed by atoms with van der Waals surface area (Å²) < 4.78 is 29.6. The zero-order valence-electron chi connectivity index (χ0n) is 12.9. The second-order valence-corrected chi connectivity index (χ2v) is 7.75. The number of carbonyl (C=O) groups excluding carboxylic acids is 1. The summed E-state index contributed by atoms with van der Waals surface area (Å²) in [4.78, 5) is 11.6. The van der Waals surface area contributed by atoms with E-state index in [1.807, 2.05) is 4.57 Å². The van der Waals surface area contributed by atoms with Gasteiger partial charge in [-0.1, -0.05) is 0 Å². The summed E-state index contributed by atoms with van der Waals surface area (Å²) in [7, 11) is -3.64. The summed E-state index contributed by atoms with van der Waals surface area (Å²) in [5.41, 5.74) is 1.52. The van der Waals surface area contributed by atoms with Gasteiger partial charge in [0.25, 0.3) is 0 Å². The largest absolute Gasteiger partial charge is 0.326 e. The van der Waals surface area contributed by atoms with Gasteiger partial charge < -0.3 is 9.88 Å². The lowest BCUT2D eigenvalue weighted by Crippen LogP contribution is -2.26. The van der Waals surface area contributed by atoms with Gasteiger partial charge in [-0.3, -0.25) is 4.79 Å². The molecule has 24 heavy (non-hydrogen) atoms. The van der Waals surface area contributed by atoms with Crippen LogP contribution in [0.3, 0.4) is 0 Å². The Bertz CT molecular complexity index is 919. The van der Waals surface area contributed by atoms with Crippen molar-refractivity contribution in [3.63, 3.8) is 0 Å². The van der Waals surface area contributed by atoms with Crippen LogP contribution in [0.5, 0.6) is 0 Å².